The molecule has 108 valence electrons. The summed E-state index contributed by atoms with van der Waals surface area (Å²) in [6.45, 7) is 3.30. The van der Waals surface area contributed by atoms with Crippen molar-refractivity contribution in [2.75, 3.05) is 26.7 Å². The van der Waals surface area contributed by atoms with Gasteiger partial charge >= 0.3 is 0 Å². The van der Waals surface area contributed by atoms with E-state index in [2.05, 4.69) is 20.3 Å². The standard InChI is InChI=1S/C12H21F2N5/c1-18(6-10-2-4-15-5-3-10)8-12-16-9-17-19(12)7-11(13)14/h9-11,15H,2-8H2,1H3. The highest BCUT2D eigenvalue weighted by atomic mass is 19.3. The average molecular weight is 273 g/mol. The number of hydrogen-bond donors (Lipinski definition) is 1. The van der Waals surface area contributed by atoms with Crippen LogP contribution in [0.5, 0.6) is 0 Å². The quantitative estimate of drug-likeness (QED) is 0.839. The molecule has 0 spiro atoms. The summed E-state index contributed by atoms with van der Waals surface area (Å²) in [7, 11) is 2.00. The summed E-state index contributed by atoms with van der Waals surface area (Å²) >= 11 is 0. The molecule has 0 bridgehead atoms. The highest BCUT2D eigenvalue weighted by Gasteiger charge is 2.17. The van der Waals surface area contributed by atoms with Gasteiger partial charge in [-0.1, -0.05) is 0 Å². The van der Waals surface area contributed by atoms with E-state index in [0.717, 1.165) is 19.6 Å². The maximum atomic E-state index is 12.4. The Morgan fingerprint density at radius 3 is 2.89 bits per heavy atom. The zero-order valence-corrected chi connectivity index (χ0v) is 11.2. The molecule has 7 heteroatoms. The summed E-state index contributed by atoms with van der Waals surface area (Å²) in [5, 5.41) is 7.18. The topological polar surface area (TPSA) is 46.0 Å². The molecular formula is C12H21F2N5. The largest absolute Gasteiger partial charge is 0.317 e. The Kier molecular flexibility index (Phi) is 5.21. The van der Waals surface area contributed by atoms with E-state index in [1.807, 2.05) is 7.05 Å². The van der Waals surface area contributed by atoms with Gasteiger partial charge in [-0.25, -0.2) is 18.4 Å². The molecular weight excluding hydrogens is 252 g/mol. The predicted molar refractivity (Wildman–Crippen MR) is 68.0 cm³/mol. The lowest BCUT2D eigenvalue weighted by Gasteiger charge is -2.27. The molecule has 1 N–H and O–H groups in total. The number of piperidine rings is 1. The van der Waals surface area contributed by atoms with Crippen molar-refractivity contribution in [2.45, 2.75) is 32.4 Å². The zero-order chi connectivity index (χ0) is 13.7. The Morgan fingerprint density at radius 2 is 2.21 bits per heavy atom. The number of nitrogens with one attached hydrogen (secondary N) is 1. The number of halogens is 2. The summed E-state index contributed by atoms with van der Waals surface area (Å²) in [6, 6.07) is 0. The van der Waals surface area contributed by atoms with Crippen molar-refractivity contribution in [1.29, 1.82) is 0 Å². The molecule has 0 aliphatic carbocycles. The van der Waals surface area contributed by atoms with E-state index in [1.54, 1.807) is 0 Å². The minimum atomic E-state index is -2.39. The normalized spacial score (nSPS) is 17.5. The molecule has 0 radical (unpaired) electrons. The summed E-state index contributed by atoms with van der Waals surface area (Å²) in [5.41, 5.74) is 0. The van der Waals surface area contributed by atoms with Crippen LogP contribution in [0.25, 0.3) is 0 Å². The highest BCUT2D eigenvalue weighted by Crippen LogP contribution is 2.14. The predicted octanol–water partition coefficient (Wildman–Crippen LogP) is 0.975. The molecule has 0 saturated carbocycles. The lowest BCUT2D eigenvalue weighted by Crippen LogP contribution is -2.34. The Balaban J connectivity index is 1.84. The van der Waals surface area contributed by atoms with Gasteiger partial charge in [0, 0.05) is 6.54 Å². The molecule has 2 heterocycles. The van der Waals surface area contributed by atoms with Crippen LogP contribution in [0, 0.1) is 5.92 Å². The zero-order valence-electron chi connectivity index (χ0n) is 11.2. The van der Waals surface area contributed by atoms with Crippen LogP contribution in [0.4, 0.5) is 8.78 Å². The molecule has 0 unspecified atom stereocenters. The molecule has 5 nitrogen and oxygen atoms in total. The summed E-state index contributed by atoms with van der Waals surface area (Å²) < 4.78 is 26.1. The van der Waals surface area contributed by atoms with Crippen LogP contribution in [0.3, 0.4) is 0 Å². The number of rotatable bonds is 6. The van der Waals surface area contributed by atoms with Gasteiger partial charge in [0.15, 0.2) is 0 Å². The van der Waals surface area contributed by atoms with Gasteiger partial charge in [-0.15, -0.1) is 0 Å². The van der Waals surface area contributed by atoms with Crippen LogP contribution in [-0.4, -0.2) is 52.8 Å². The minimum Gasteiger partial charge on any atom is -0.317 e. The van der Waals surface area contributed by atoms with Crippen LogP contribution in [0.15, 0.2) is 6.33 Å². The maximum Gasteiger partial charge on any atom is 0.257 e. The van der Waals surface area contributed by atoms with E-state index in [-0.39, 0.29) is 6.54 Å². The van der Waals surface area contributed by atoms with Gasteiger partial charge in [-0.2, -0.15) is 5.10 Å². The van der Waals surface area contributed by atoms with Crippen molar-refractivity contribution < 1.29 is 8.78 Å². The minimum absolute atomic E-state index is 0.378. The van der Waals surface area contributed by atoms with Crippen LogP contribution < -0.4 is 5.32 Å². The second kappa shape index (κ2) is 6.91. The maximum absolute atomic E-state index is 12.4. The third-order valence-corrected chi connectivity index (χ3v) is 3.45. The van der Waals surface area contributed by atoms with Gasteiger partial charge in [0.05, 0.1) is 6.54 Å². The van der Waals surface area contributed by atoms with Crippen LogP contribution in [0.2, 0.25) is 0 Å². The number of nitrogens with zero attached hydrogens (tertiary/aromatic N) is 4. The second-order valence-corrected chi connectivity index (χ2v) is 5.14. The highest BCUT2D eigenvalue weighted by molar-refractivity contribution is 4.85. The Morgan fingerprint density at radius 1 is 1.47 bits per heavy atom. The fourth-order valence-electron chi connectivity index (χ4n) is 2.50. The lowest BCUT2D eigenvalue weighted by atomic mass is 9.98. The summed E-state index contributed by atoms with van der Waals surface area (Å²) in [4.78, 5) is 6.21. The molecule has 2 rings (SSSR count). The van der Waals surface area contributed by atoms with E-state index in [0.29, 0.717) is 18.3 Å². The molecule has 1 aliphatic rings. The fraction of sp³-hybridized carbons (Fsp3) is 0.833. The number of alkyl halides is 2. The lowest BCUT2D eigenvalue weighted by molar-refractivity contribution is 0.118. The molecule has 1 fully saturated rings. The molecule has 1 aromatic heterocycles. The Hall–Kier alpha value is -1.08. The van der Waals surface area contributed by atoms with Gasteiger partial charge in [-0.05, 0) is 38.9 Å². The first-order valence-corrected chi connectivity index (χ1v) is 6.69. The molecule has 1 aliphatic heterocycles. The van der Waals surface area contributed by atoms with Crippen molar-refractivity contribution >= 4 is 0 Å². The van der Waals surface area contributed by atoms with Crippen LogP contribution in [-0.2, 0) is 13.1 Å². The third kappa shape index (κ3) is 4.50. The monoisotopic (exact) mass is 273 g/mol. The molecule has 0 aromatic carbocycles. The molecule has 1 saturated heterocycles. The van der Waals surface area contributed by atoms with Gasteiger partial charge in [0.2, 0.25) is 0 Å². The Bertz CT molecular complexity index is 376. The van der Waals surface area contributed by atoms with Gasteiger partial charge < -0.3 is 5.32 Å². The molecule has 19 heavy (non-hydrogen) atoms. The van der Waals surface area contributed by atoms with E-state index in [1.165, 1.54) is 23.9 Å². The molecule has 1 aromatic rings. The van der Waals surface area contributed by atoms with Crippen molar-refractivity contribution in [3.8, 4) is 0 Å². The third-order valence-electron chi connectivity index (χ3n) is 3.45. The van der Waals surface area contributed by atoms with Crippen LogP contribution >= 0.6 is 0 Å². The second-order valence-electron chi connectivity index (χ2n) is 5.14. The van der Waals surface area contributed by atoms with Gasteiger partial charge in [-0.3, -0.25) is 4.90 Å². The SMILES string of the molecule is CN(Cc1ncnn1CC(F)F)CC1CCNCC1. The summed E-state index contributed by atoms with van der Waals surface area (Å²) in [5.74, 6) is 1.29. The van der Waals surface area contributed by atoms with Crippen molar-refractivity contribution in [1.82, 2.24) is 25.0 Å². The number of hydrogen-bond acceptors (Lipinski definition) is 4. The number of aromatic nitrogens is 3. The Labute approximate surface area is 112 Å². The molecule has 0 atom stereocenters. The van der Waals surface area contributed by atoms with E-state index in [4.69, 9.17) is 0 Å². The first-order chi connectivity index (χ1) is 9.15. The molecule has 0 amide bonds. The van der Waals surface area contributed by atoms with Crippen molar-refractivity contribution in [2.24, 2.45) is 5.92 Å². The van der Waals surface area contributed by atoms with Crippen LogP contribution in [0.1, 0.15) is 18.7 Å². The average Bonchev–Trinajstić information content (AvgIpc) is 2.77. The first-order valence-electron chi connectivity index (χ1n) is 6.69. The van der Waals surface area contributed by atoms with Crippen molar-refractivity contribution in [3.63, 3.8) is 0 Å². The summed E-state index contributed by atoms with van der Waals surface area (Å²) in [6.07, 6.45) is 1.30. The van der Waals surface area contributed by atoms with Gasteiger partial charge in [0.25, 0.3) is 6.43 Å². The van der Waals surface area contributed by atoms with Gasteiger partial charge in [0.1, 0.15) is 18.7 Å². The van der Waals surface area contributed by atoms with Crippen molar-refractivity contribution in [3.05, 3.63) is 12.2 Å². The smallest absolute Gasteiger partial charge is 0.257 e. The first kappa shape index (κ1) is 14.3. The van der Waals surface area contributed by atoms with E-state index >= 15 is 0 Å². The fourth-order valence-corrected chi connectivity index (χ4v) is 2.50. The van der Waals surface area contributed by atoms with E-state index < -0.39 is 6.43 Å². The van der Waals surface area contributed by atoms with E-state index in [9.17, 15) is 8.78 Å².